The molecule has 1 heterocycles. The van der Waals surface area contributed by atoms with E-state index in [0.29, 0.717) is 19.7 Å². The Hall–Kier alpha value is -2.56. The van der Waals surface area contributed by atoms with Crippen LogP contribution in [0.25, 0.3) is 0 Å². The van der Waals surface area contributed by atoms with Crippen LogP contribution in [0.5, 0.6) is 5.75 Å². The monoisotopic (exact) mass is 313 g/mol. The van der Waals surface area contributed by atoms with Gasteiger partial charge in [0.25, 0.3) is 0 Å². The van der Waals surface area contributed by atoms with Crippen molar-refractivity contribution in [1.82, 2.24) is 15.2 Å². The fraction of sp³-hybridized carbons (Fsp3) is 0.333. The summed E-state index contributed by atoms with van der Waals surface area (Å²) in [7, 11) is 1.78. The summed E-state index contributed by atoms with van der Waals surface area (Å²) in [6, 6.07) is 11.6. The summed E-state index contributed by atoms with van der Waals surface area (Å²) in [6.45, 7) is 3.74. The summed E-state index contributed by atoms with van der Waals surface area (Å²) in [6.07, 6.45) is 4.24. The van der Waals surface area contributed by atoms with Gasteiger partial charge in [0.15, 0.2) is 0 Å². The number of hydrogen-bond donors (Lipinski definition) is 1. The van der Waals surface area contributed by atoms with Gasteiger partial charge < -0.3 is 15.0 Å². The highest BCUT2D eigenvalue weighted by Gasteiger charge is 2.07. The van der Waals surface area contributed by atoms with Crippen molar-refractivity contribution in [1.29, 1.82) is 0 Å². The molecule has 0 unspecified atom stereocenters. The number of aryl methyl sites for hydroxylation is 1. The van der Waals surface area contributed by atoms with Gasteiger partial charge in [-0.3, -0.25) is 4.98 Å². The highest BCUT2D eigenvalue weighted by Crippen LogP contribution is 2.16. The van der Waals surface area contributed by atoms with Crippen LogP contribution in [0.1, 0.15) is 17.5 Å². The molecule has 2 rings (SSSR count). The first-order chi connectivity index (χ1) is 11.2. The lowest BCUT2D eigenvalue weighted by atomic mass is 10.2. The van der Waals surface area contributed by atoms with Crippen LogP contribution in [0.15, 0.2) is 48.8 Å². The molecule has 122 valence electrons. The van der Waals surface area contributed by atoms with Gasteiger partial charge in [-0.25, -0.2) is 4.79 Å². The molecule has 0 radical (unpaired) electrons. The van der Waals surface area contributed by atoms with Crippen LogP contribution >= 0.6 is 0 Å². The summed E-state index contributed by atoms with van der Waals surface area (Å²) in [4.78, 5) is 17.7. The Morgan fingerprint density at radius 2 is 2.09 bits per heavy atom. The number of nitrogens with one attached hydrogen (secondary N) is 1. The molecule has 0 aliphatic carbocycles. The number of urea groups is 1. The molecule has 5 nitrogen and oxygen atoms in total. The van der Waals surface area contributed by atoms with Crippen molar-refractivity contribution in [3.8, 4) is 5.75 Å². The first kappa shape index (κ1) is 16.8. The smallest absolute Gasteiger partial charge is 0.317 e. The van der Waals surface area contributed by atoms with Crippen LogP contribution < -0.4 is 10.1 Å². The maximum atomic E-state index is 12.0. The van der Waals surface area contributed by atoms with E-state index in [-0.39, 0.29) is 6.03 Å². The Bertz CT molecular complexity index is 617. The van der Waals surface area contributed by atoms with Crippen LogP contribution in [-0.4, -0.2) is 36.1 Å². The number of carbonyl (C=O) groups excluding carboxylic acids is 1. The minimum atomic E-state index is -0.0928. The summed E-state index contributed by atoms with van der Waals surface area (Å²) in [5.74, 6) is 0.899. The predicted molar refractivity (Wildman–Crippen MR) is 90.4 cm³/mol. The number of pyridine rings is 1. The Kier molecular flexibility index (Phi) is 6.41. The van der Waals surface area contributed by atoms with Crippen molar-refractivity contribution >= 4 is 6.03 Å². The lowest BCUT2D eigenvalue weighted by Gasteiger charge is -2.18. The fourth-order valence-electron chi connectivity index (χ4n) is 2.12. The molecule has 5 heteroatoms. The normalized spacial score (nSPS) is 10.2. The van der Waals surface area contributed by atoms with Gasteiger partial charge in [0.1, 0.15) is 5.75 Å². The molecule has 0 bridgehead atoms. The third-order valence-corrected chi connectivity index (χ3v) is 3.50. The molecule has 1 aromatic carbocycles. The van der Waals surface area contributed by atoms with E-state index in [9.17, 15) is 4.79 Å². The molecular weight excluding hydrogens is 290 g/mol. The Morgan fingerprint density at radius 3 is 2.83 bits per heavy atom. The van der Waals surface area contributed by atoms with Gasteiger partial charge in [-0.1, -0.05) is 24.3 Å². The van der Waals surface area contributed by atoms with Gasteiger partial charge in [-0.2, -0.15) is 0 Å². The molecule has 2 amide bonds. The molecule has 0 saturated heterocycles. The predicted octanol–water partition coefficient (Wildman–Crippen LogP) is 3.00. The highest BCUT2D eigenvalue weighted by molar-refractivity contribution is 5.73. The SMILES string of the molecule is Cc1ccccc1OCCCN(C)C(=O)NCc1cccnc1. The highest BCUT2D eigenvalue weighted by atomic mass is 16.5. The number of para-hydroxylation sites is 1. The maximum absolute atomic E-state index is 12.0. The summed E-state index contributed by atoms with van der Waals surface area (Å²) in [5.41, 5.74) is 2.10. The van der Waals surface area contributed by atoms with Crippen LogP contribution in [-0.2, 0) is 6.54 Å². The van der Waals surface area contributed by atoms with E-state index in [1.54, 1.807) is 24.3 Å². The largest absolute Gasteiger partial charge is 0.493 e. The van der Waals surface area contributed by atoms with Crippen molar-refractivity contribution in [2.24, 2.45) is 0 Å². The van der Waals surface area contributed by atoms with Gasteiger partial charge in [0.05, 0.1) is 6.61 Å². The number of amides is 2. The summed E-state index contributed by atoms with van der Waals surface area (Å²) >= 11 is 0. The number of hydrogen-bond acceptors (Lipinski definition) is 3. The number of carbonyl (C=O) groups is 1. The topological polar surface area (TPSA) is 54.5 Å². The molecule has 0 atom stereocenters. The van der Waals surface area contributed by atoms with Crippen LogP contribution in [0.4, 0.5) is 4.79 Å². The second-order valence-electron chi connectivity index (χ2n) is 5.41. The third-order valence-electron chi connectivity index (χ3n) is 3.50. The van der Waals surface area contributed by atoms with Crippen molar-refractivity contribution in [3.63, 3.8) is 0 Å². The average molecular weight is 313 g/mol. The van der Waals surface area contributed by atoms with Gasteiger partial charge in [-0.15, -0.1) is 0 Å². The molecule has 1 aromatic heterocycles. The van der Waals surface area contributed by atoms with Crippen molar-refractivity contribution in [3.05, 3.63) is 59.9 Å². The van der Waals surface area contributed by atoms with E-state index < -0.39 is 0 Å². The van der Waals surface area contributed by atoms with Gasteiger partial charge >= 0.3 is 6.03 Å². The van der Waals surface area contributed by atoms with Crippen molar-refractivity contribution in [2.75, 3.05) is 20.2 Å². The van der Waals surface area contributed by atoms with E-state index in [1.165, 1.54) is 0 Å². The third kappa shape index (κ3) is 5.62. The quantitative estimate of drug-likeness (QED) is 0.800. The molecule has 1 N–H and O–H groups in total. The van der Waals surface area contributed by atoms with E-state index >= 15 is 0 Å². The Balaban J connectivity index is 1.65. The standard InChI is InChI=1S/C18H23N3O2/c1-15-7-3-4-9-17(15)23-12-6-11-21(2)18(22)20-14-16-8-5-10-19-13-16/h3-5,7-10,13H,6,11-12,14H2,1-2H3,(H,20,22). The number of ether oxygens (including phenoxy) is 1. The summed E-state index contributed by atoms with van der Waals surface area (Å²) in [5, 5.41) is 2.87. The lowest BCUT2D eigenvalue weighted by molar-refractivity contribution is 0.203. The minimum absolute atomic E-state index is 0.0928. The van der Waals surface area contributed by atoms with E-state index in [4.69, 9.17) is 4.74 Å². The number of rotatable bonds is 7. The van der Waals surface area contributed by atoms with Crippen LogP contribution in [0.3, 0.4) is 0 Å². The number of aromatic nitrogens is 1. The zero-order chi connectivity index (χ0) is 16.5. The second-order valence-corrected chi connectivity index (χ2v) is 5.41. The Morgan fingerprint density at radius 1 is 1.26 bits per heavy atom. The van der Waals surface area contributed by atoms with E-state index in [2.05, 4.69) is 10.3 Å². The first-order valence-corrected chi connectivity index (χ1v) is 7.73. The maximum Gasteiger partial charge on any atom is 0.317 e. The van der Waals surface area contributed by atoms with Crippen molar-refractivity contribution < 1.29 is 9.53 Å². The van der Waals surface area contributed by atoms with E-state index in [0.717, 1.165) is 23.3 Å². The minimum Gasteiger partial charge on any atom is -0.493 e. The molecule has 0 saturated carbocycles. The van der Waals surface area contributed by atoms with E-state index in [1.807, 2.05) is 43.3 Å². The molecular formula is C18H23N3O2. The second kappa shape index (κ2) is 8.78. The molecule has 0 spiro atoms. The van der Waals surface area contributed by atoms with Gasteiger partial charge in [-0.05, 0) is 36.6 Å². The molecule has 2 aromatic rings. The lowest BCUT2D eigenvalue weighted by Crippen LogP contribution is -2.37. The molecule has 0 fully saturated rings. The first-order valence-electron chi connectivity index (χ1n) is 7.73. The molecule has 23 heavy (non-hydrogen) atoms. The zero-order valence-corrected chi connectivity index (χ0v) is 13.7. The van der Waals surface area contributed by atoms with Gasteiger partial charge in [0.2, 0.25) is 0 Å². The Labute approximate surface area is 137 Å². The van der Waals surface area contributed by atoms with Crippen LogP contribution in [0, 0.1) is 6.92 Å². The van der Waals surface area contributed by atoms with Crippen LogP contribution in [0.2, 0.25) is 0 Å². The zero-order valence-electron chi connectivity index (χ0n) is 13.7. The molecule has 0 aliphatic rings. The van der Waals surface area contributed by atoms with Gasteiger partial charge in [0, 0.05) is 32.5 Å². The molecule has 0 aliphatic heterocycles. The van der Waals surface area contributed by atoms with Crippen molar-refractivity contribution in [2.45, 2.75) is 19.9 Å². The number of benzene rings is 1. The average Bonchev–Trinajstić information content (AvgIpc) is 2.58. The fourth-order valence-corrected chi connectivity index (χ4v) is 2.12. The number of nitrogens with zero attached hydrogens (tertiary/aromatic N) is 2. The summed E-state index contributed by atoms with van der Waals surface area (Å²) < 4.78 is 5.73.